The Balaban J connectivity index is 2.70. The van der Waals surface area contributed by atoms with Gasteiger partial charge in [0.05, 0.1) is 0 Å². The van der Waals surface area contributed by atoms with Gasteiger partial charge < -0.3 is 0 Å². The molecular formula is C17H30N2. The predicted molar refractivity (Wildman–Crippen MR) is 84.0 cm³/mol. The molecule has 0 saturated heterocycles. The molecule has 1 rings (SSSR count). The first-order valence-electron chi connectivity index (χ1n) is 7.64. The fourth-order valence-electron chi connectivity index (χ4n) is 2.70. The topological polar surface area (TPSA) is 38.0 Å². The average molecular weight is 262 g/mol. The van der Waals surface area contributed by atoms with Gasteiger partial charge in [0.2, 0.25) is 0 Å². The van der Waals surface area contributed by atoms with E-state index in [0.717, 1.165) is 6.42 Å². The Bertz CT molecular complexity index is 374. The van der Waals surface area contributed by atoms with Crippen LogP contribution in [-0.2, 0) is 6.42 Å². The summed E-state index contributed by atoms with van der Waals surface area (Å²) in [5.41, 5.74) is 7.16. The molecule has 1 aromatic rings. The summed E-state index contributed by atoms with van der Waals surface area (Å²) in [4.78, 5) is 0. The maximum atomic E-state index is 5.79. The van der Waals surface area contributed by atoms with Gasteiger partial charge in [0.25, 0.3) is 0 Å². The molecule has 3 N–H and O–H groups in total. The number of nitrogens with one attached hydrogen (secondary N) is 1. The lowest BCUT2D eigenvalue weighted by atomic mass is 9.87. The van der Waals surface area contributed by atoms with Crippen LogP contribution in [0.5, 0.6) is 0 Å². The summed E-state index contributed by atoms with van der Waals surface area (Å²) in [6, 6.07) is 7.13. The van der Waals surface area contributed by atoms with Gasteiger partial charge in [-0.1, -0.05) is 51.3 Å². The molecule has 0 spiro atoms. The van der Waals surface area contributed by atoms with Gasteiger partial charge in [0.1, 0.15) is 0 Å². The highest BCUT2D eigenvalue weighted by atomic mass is 15.2. The number of hydrogen-bond acceptors (Lipinski definition) is 2. The Kier molecular flexibility index (Phi) is 7.11. The second kappa shape index (κ2) is 8.34. The molecule has 0 radical (unpaired) electrons. The van der Waals surface area contributed by atoms with Crippen molar-refractivity contribution in [2.45, 2.75) is 65.8 Å². The van der Waals surface area contributed by atoms with E-state index in [1.807, 2.05) is 0 Å². The zero-order valence-corrected chi connectivity index (χ0v) is 13.0. The van der Waals surface area contributed by atoms with Crippen LogP contribution in [0.3, 0.4) is 0 Å². The summed E-state index contributed by atoms with van der Waals surface area (Å²) in [5, 5.41) is 0. The second-order valence-electron chi connectivity index (χ2n) is 5.71. The van der Waals surface area contributed by atoms with Crippen molar-refractivity contribution in [1.29, 1.82) is 0 Å². The fourth-order valence-corrected chi connectivity index (χ4v) is 2.70. The van der Waals surface area contributed by atoms with Gasteiger partial charge in [0.15, 0.2) is 0 Å². The quantitative estimate of drug-likeness (QED) is 0.551. The van der Waals surface area contributed by atoms with E-state index in [-0.39, 0.29) is 0 Å². The van der Waals surface area contributed by atoms with E-state index in [0.29, 0.717) is 12.0 Å². The van der Waals surface area contributed by atoms with Crippen molar-refractivity contribution in [3.8, 4) is 0 Å². The number of nitrogens with two attached hydrogens (primary N) is 1. The standard InChI is InChI=1S/C17H30N2/c1-5-7-8-16(6-2)17(19-18)12-15-10-9-13(3)14(4)11-15/h9-11,16-17,19H,5-8,12,18H2,1-4H3. The van der Waals surface area contributed by atoms with Gasteiger partial charge in [-0.3, -0.25) is 11.3 Å². The highest BCUT2D eigenvalue weighted by Gasteiger charge is 2.18. The minimum absolute atomic E-state index is 0.388. The summed E-state index contributed by atoms with van der Waals surface area (Å²) >= 11 is 0. The van der Waals surface area contributed by atoms with Crippen molar-refractivity contribution in [2.75, 3.05) is 0 Å². The van der Waals surface area contributed by atoms with Crippen LogP contribution in [-0.4, -0.2) is 6.04 Å². The molecule has 0 heterocycles. The van der Waals surface area contributed by atoms with Gasteiger partial charge in [0, 0.05) is 6.04 Å². The summed E-state index contributed by atoms with van der Waals surface area (Å²) in [6.45, 7) is 8.86. The van der Waals surface area contributed by atoms with Crippen molar-refractivity contribution in [2.24, 2.45) is 11.8 Å². The number of benzene rings is 1. The van der Waals surface area contributed by atoms with E-state index in [4.69, 9.17) is 5.84 Å². The molecule has 0 aromatic heterocycles. The van der Waals surface area contributed by atoms with Crippen molar-refractivity contribution in [3.05, 3.63) is 34.9 Å². The van der Waals surface area contributed by atoms with E-state index < -0.39 is 0 Å². The molecule has 0 saturated carbocycles. The van der Waals surface area contributed by atoms with Crippen LogP contribution >= 0.6 is 0 Å². The molecule has 2 atom stereocenters. The lowest BCUT2D eigenvalue weighted by molar-refractivity contribution is 0.318. The number of unbranched alkanes of at least 4 members (excludes halogenated alkanes) is 1. The van der Waals surface area contributed by atoms with Crippen LogP contribution < -0.4 is 11.3 Å². The molecule has 0 amide bonds. The highest BCUT2D eigenvalue weighted by molar-refractivity contribution is 5.30. The summed E-state index contributed by atoms with van der Waals surface area (Å²) < 4.78 is 0. The molecular weight excluding hydrogens is 232 g/mol. The first-order chi connectivity index (χ1) is 9.12. The molecule has 19 heavy (non-hydrogen) atoms. The summed E-state index contributed by atoms with van der Waals surface area (Å²) in [6.07, 6.45) is 6.05. The molecule has 108 valence electrons. The Morgan fingerprint density at radius 3 is 2.42 bits per heavy atom. The Hall–Kier alpha value is -0.860. The van der Waals surface area contributed by atoms with Crippen molar-refractivity contribution >= 4 is 0 Å². The van der Waals surface area contributed by atoms with E-state index >= 15 is 0 Å². The molecule has 0 aliphatic rings. The van der Waals surface area contributed by atoms with Crippen LogP contribution in [0.4, 0.5) is 0 Å². The normalized spacial score (nSPS) is 14.4. The number of hydrogen-bond donors (Lipinski definition) is 2. The lowest BCUT2D eigenvalue weighted by Gasteiger charge is -2.26. The molecule has 1 aromatic carbocycles. The van der Waals surface area contributed by atoms with Crippen LogP contribution in [0, 0.1) is 19.8 Å². The second-order valence-corrected chi connectivity index (χ2v) is 5.71. The Labute approximate surface area is 118 Å². The third kappa shape index (κ3) is 4.96. The van der Waals surface area contributed by atoms with Gasteiger partial charge >= 0.3 is 0 Å². The zero-order valence-electron chi connectivity index (χ0n) is 13.0. The van der Waals surface area contributed by atoms with E-state index in [2.05, 4.69) is 51.3 Å². The van der Waals surface area contributed by atoms with Gasteiger partial charge in [-0.15, -0.1) is 0 Å². The molecule has 2 nitrogen and oxygen atoms in total. The average Bonchev–Trinajstić information content (AvgIpc) is 2.42. The Morgan fingerprint density at radius 2 is 1.89 bits per heavy atom. The van der Waals surface area contributed by atoms with Crippen LogP contribution in [0.15, 0.2) is 18.2 Å². The number of rotatable bonds is 8. The van der Waals surface area contributed by atoms with E-state index in [9.17, 15) is 0 Å². The third-order valence-electron chi connectivity index (χ3n) is 4.26. The van der Waals surface area contributed by atoms with E-state index in [1.165, 1.54) is 42.4 Å². The number of aryl methyl sites for hydroxylation is 2. The van der Waals surface area contributed by atoms with Crippen LogP contribution in [0.1, 0.15) is 56.2 Å². The molecule has 0 bridgehead atoms. The van der Waals surface area contributed by atoms with Crippen molar-refractivity contribution < 1.29 is 0 Å². The van der Waals surface area contributed by atoms with E-state index in [1.54, 1.807) is 0 Å². The summed E-state index contributed by atoms with van der Waals surface area (Å²) in [5.74, 6) is 6.46. The minimum Gasteiger partial charge on any atom is -0.271 e. The van der Waals surface area contributed by atoms with Gasteiger partial charge in [-0.05, 0) is 49.3 Å². The molecule has 0 fully saturated rings. The zero-order chi connectivity index (χ0) is 14.3. The monoisotopic (exact) mass is 262 g/mol. The molecule has 2 unspecified atom stereocenters. The van der Waals surface area contributed by atoms with Crippen LogP contribution in [0.25, 0.3) is 0 Å². The SMILES string of the molecule is CCCCC(CC)C(Cc1ccc(C)c(C)c1)NN. The fraction of sp³-hybridized carbons (Fsp3) is 0.647. The first-order valence-corrected chi connectivity index (χ1v) is 7.64. The number of hydrazine groups is 1. The van der Waals surface area contributed by atoms with Crippen molar-refractivity contribution in [1.82, 2.24) is 5.43 Å². The minimum atomic E-state index is 0.388. The van der Waals surface area contributed by atoms with Crippen LogP contribution in [0.2, 0.25) is 0 Å². The molecule has 0 aliphatic carbocycles. The molecule has 2 heteroatoms. The first kappa shape index (κ1) is 16.2. The maximum absolute atomic E-state index is 5.79. The Morgan fingerprint density at radius 1 is 1.16 bits per heavy atom. The highest BCUT2D eigenvalue weighted by Crippen LogP contribution is 2.21. The largest absolute Gasteiger partial charge is 0.271 e. The predicted octanol–water partition coefficient (Wildman–Crippen LogP) is 3.89. The molecule has 0 aliphatic heterocycles. The lowest BCUT2D eigenvalue weighted by Crippen LogP contribution is -2.42. The summed E-state index contributed by atoms with van der Waals surface area (Å²) in [7, 11) is 0. The maximum Gasteiger partial charge on any atom is 0.0279 e. The van der Waals surface area contributed by atoms with Gasteiger partial charge in [-0.25, -0.2) is 0 Å². The van der Waals surface area contributed by atoms with Crippen molar-refractivity contribution in [3.63, 3.8) is 0 Å². The van der Waals surface area contributed by atoms with Gasteiger partial charge in [-0.2, -0.15) is 0 Å². The smallest absolute Gasteiger partial charge is 0.0279 e. The third-order valence-corrected chi connectivity index (χ3v) is 4.26.